The number of aliphatic hydroxyl groups excluding tert-OH is 1. The van der Waals surface area contributed by atoms with Crippen LogP contribution < -0.4 is 4.72 Å². The van der Waals surface area contributed by atoms with Crippen molar-refractivity contribution in [3.8, 4) is 0 Å². The van der Waals surface area contributed by atoms with Crippen molar-refractivity contribution < 1.29 is 17.9 Å². The molecule has 5 nitrogen and oxygen atoms in total. The van der Waals surface area contributed by atoms with E-state index in [1.807, 2.05) is 0 Å². The molecule has 114 valence electrons. The minimum atomic E-state index is -3.88. The molecule has 8 heteroatoms. The fraction of sp³-hybridized carbons (Fsp3) is 0.231. The Hall–Kier alpha value is -1.21. The fourth-order valence-corrected chi connectivity index (χ4v) is 3.55. The van der Waals surface area contributed by atoms with Crippen LogP contribution >= 0.6 is 23.2 Å². The molecular weight excluding hydrogens is 337 g/mol. The lowest BCUT2D eigenvalue weighted by atomic mass is 10.2. The molecule has 0 saturated heterocycles. The monoisotopic (exact) mass is 349 g/mol. The van der Waals surface area contributed by atoms with Crippen LogP contribution in [0.15, 0.2) is 27.5 Å². The van der Waals surface area contributed by atoms with Gasteiger partial charge in [-0.25, -0.2) is 8.42 Å². The van der Waals surface area contributed by atoms with Crippen LogP contribution in [-0.2, 0) is 16.6 Å². The summed E-state index contributed by atoms with van der Waals surface area (Å²) in [4.78, 5) is -0.0562. The van der Waals surface area contributed by atoms with E-state index in [1.54, 1.807) is 13.0 Å². The Morgan fingerprint density at radius 3 is 2.43 bits per heavy atom. The number of aryl methyl sites for hydroxylation is 2. The average molecular weight is 350 g/mol. The second kappa shape index (κ2) is 5.88. The Kier molecular flexibility index (Phi) is 4.53. The summed E-state index contributed by atoms with van der Waals surface area (Å²) in [7, 11) is -3.88. The van der Waals surface area contributed by atoms with Gasteiger partial charge in [0.05, 0.1) is 10.7 Å². The van der Waals surface area contributed by atoms with E-state index in [4.69, 9.17) is 32.7 Å². The SMILES string of the molecule is Cc1cc(Cl)c(NS(=O)(=O)c2cc(CO)oc2C)cc1Cl. The van der Waals surface area contributed by atoms with E-state index in [1.165, 1.54) is 19.1 Å². The summed E-state index contributed by atoms with van der Waals surface area (Å²) in [5, 5.41) is 9.63. The minimum Gasteiger partial charge on any atom is -0.462 e. The smallest absolute Gasteiger partial charge is 0.265 e. The molecule has 0 aliphatic carbocycles. The summed E-state index contributed by atoms with van der Waals surface area (Å²) >= 11 is 12.0. The highest BCUT2D eigenvalue weighted by atomic mass is 35.5. The van der Waals surface area contributed by atoms with E-state index < -0.39 is 10.0 Å². The van der Waals surface area contributed by atoms with Gasteiger partial charge in [-0.2, -0.15) is 0 Å². The summed E-state index contributed by atoms with van der Waals surface area (Å²) in [6, 6.07) is 4.28. The van der Waals surface area contributed by atoms with E-state index in [0.717, 1.165) is 5.56 Å². The van der Waals surface area contributed by atoms with E-state index in [0.29, 0.717) is 5.02 Å². The molecule has 1 aromatic carbocycles. The van der Waals surface area contributed by atoms with Crippen LogP contribution in [0.4, 0.5) is 5.69 Å². The molecule has 0 fully saturated rings. The van der Waals surface area contributed by atoms with Gasteiger partial charge >= 0.3 is 0 Å². The van der Waals surface area contributed by atoms with Crippen LogP contribution in [0.2, 0.25) is 10.0 Å². The lowest BCUT2D eigenvalue weighted by molar-refractivity contribution is 0.245. The standard InChI is InChI=1S/C13H13Cl2NO4S/c1-7-3-11(15)12(5-10(7)14)16-21(18,19)13-4-9(6-17)20-8(13)2/h3-5,16-17H,6H2,1-2H3. The summed E-state index contributed by atoms with van der Waals surface area (Å²) in [5.74, 6) is 0.349. The van der Waals surface area contributed by atoms with Crippen molar-refractivity contribution in [2.45, 2.75) is 25.3 Å². The number of nitrogens with one attached hydrogen (secondary N) is 1. The maximum Gasteiger partial charge on any atom is 0.265 e. The van der Waals surface area contributed by atoms with Gasteiger partial charge in [-0.05, 0) is 31.5 Å². The summed E-state index contributed by atoms with van der Waals surface area (Å²) in [6.07, 6.45) is 0. The largest absolute Gasteiger partial charge is 0.462 e. The molecule has 2 aromatic rings. The molecule has 0 radical (unpaired) electrons. The fourth-order valence-electron chi connectivity index (χ4n) is 1.79. The molecule has 0 unspecified atom stereocenters. The Bertz CT molecular complexity index is 784. The van der Waals surface area contributed by atoms with Crippen LogP contribution in [0.5, 0.6) is 0 Å². The Morgan fingerprint density at radius 1 is 1.19 bits per heavy atom. The van der Waals surface area contributed by atoms with Gasteiger partial charge in [-0.3, -0.25) is 4.72 Å². The molecule has 1 heterocycles. The number of hydrogen-bond acceptors (Lipinski definition) is 4. The second-order valence-corrected chi connectivity index (χ2v) is 6.94. The van der Waals surface area contributed by atoms with Gasteiger partial charge in [0.1, 0.15) is 23.0 Å². The quantitative estimate of drug-likeness (QED) is 0.885. The Balaban J connectivity index is 2.42. The highest BCUT2D eigenvalue weighted by Gasteiger charge is 2.22. The average Bonchev–Trinajstić information content (AvgIpc) is 2.78. The van der Waals surface area contributed by atoms with Crippen molar-refractivity contribution in [1.82, 2.24) is 0 Å². The number of rotatable bonds is 4. The van der Waals surface area contributed by atoms with Crippen LogP contribution in [0.25, 0.3) is 0 Å². The first kappa shape index (κ1) is 16.2. The first-order chi connectivity index (χ1) is 9.74. The predicted molar refractivity (Wildman–Crippen MR) is 81.4 cm³/mol. The van der Waals surface area contributed by atoms with Crippen molar-refractivity contribution in [3.05, 3.63) is 45.3 Å². The van der Waals surface area contributed by atoms with Gasteiger partial charge in [-0.1, -0.05) is 23.2 Å². The first-order valence-corrected chi connectivity index (χ1v) is 8.17. The van der Waals surface area contributed by atoms with E-state index in [-0.39, 0.29) is 33.7 Å². The maximum absolute atomic E-state index is 12.3. The number of anilines is 1. The summed E-state index contributed by atoms with van der Waals surface area (Å²) in [5.41, 5.74) is 0.921. The number of furan rings is 1. The van der Waals surface area contributed by atoms with Gasteiger partial charge in [0.25, 0.3) is 10.0 Å². The molecule has 0 aliphatic rings. The Morgan fingerprint density at radius 2 is 1.86 bits per heavy atom. The Labute approximate surface area is 132 Å². The van der Waals surface area contributed by atoms with Crippen molar-refractivity contribution in [2.75, 3.05) is 4.72 Å². The lowest BCUT2D eigenvalue weighted by Gasteiger charge is -2.10. The number of hydrogen-bond donors (Lipinski definition) is 2. The minimum absolute atomic E-state index is 0.0562. The van der Waals surface area contributed by atoms with Crippen LogP contribution in [0.1, 0.15) is 17.1 Å². The number of sulfonamides is 1. The van der Waals surface area contributed by atoms with Crippen molar-refractivity contribution in [2.24, 2.45) is 0 Å². The third-order valence-corrected chi connectivity index (χ3v) is 5.05. The van der Waals surface area contributed by atoms with Crippen LogP contribution in [0, 0.1) is 13.8 Å². The second-order valence-electron chi connectivity index (χ2n) is 4.48. The van der Waals surface area contributed by atoms with E-state index in [9.17, 15) is 8.42 Å². The predicted octanol–water partition coefficient (Wildman–Crippen LogP) is 3.50. The van der Waals surface area contributed by atoms with Crippen molar-refractivity contribution >= 4 is 38.9 Å². The third kappa shape index (κ3) is 3.35. The van der Waals surface area contributed by atoms with E-state index in [2.05, 4.69) is 4.72 Å². The molecule has 21 heavy (non-hydrogen) atoms. The molecule has 0 saturated carbocycles. The third-order valence-electron chi connectivity index (χ3n) is 2.86. The van der Waals surface area contributed by atoms with E-state index >= 15 is 0 Å². The van der Waals surface area contributed by atoms with Crippen molar-refractivity contribution in [1.29, 1.82) is 0 Å². The zero-order valence-electron chi connectivity index (χ0n) is 11.3. The van der Waals surface area contributed by atoms with Crippen LogP contribution in [-0.4, -0.2) is 13.5 Å². The molecule has 0 aliphatic heterocycles. The molecule has 1 aromatic heterocycles. The molecule has 0 atom stereocenters. The topological polar surface area (TPSA) is 79.5 Å². The zero-order valence-corrected chi connectivity index (χ0v) is 13.6. The summed E-state index contributed by atoms with van der Waals surface area (Å²) in [6.45, 7) is 2.88. The van der Waals surface area contributed by atoms with Gasteiger partial charge in [0.15, 0.2) is 0 Å². The molecule has 0 spiro atoms. The molecule has 0 amide bonds. The van der Waals surface area contributed by atoms with Gasteiger partial charge in [0, 0.05) is 11.1 Å². The van der Waals surface area contributed by atoms with Gasteiger partial charge in [0.2, 0.25) is 0 Å². The number of aliphatic hydroxyl groups is 1. The highest BCUT2D eigenvalue weighted by molar-refractivity contribution is 7.92. The molecule has 0 bridgehead atoms. The van der Waals surface area contributed by atoms with Gasteiger partial charge in [-0.15, -0.1) is 0 Å². The number of halogens is 2. The zero-order chi connectivity index (χ0) is 15.8. The normalized spacial score (nSPS) is 11.7. The molecule has 2 N–H and O–H groups in total. The van der Waals surface area contributed by atoms with Gasteiger partial charge < -0.3 is 9.52 Å². The first-order valence-electron chi connectivity index (χ1n) is 5.93. The van der Waals surface area contributed by atoms with Crippen molar-refractivity contribution in [3.63, 3.8) is 0 Å². The molecule has 2 rings (SSSR count). The highest BCUT2D eigenvalue weighted by Crippen LogP contribution is 2.31. The molecular formula is C13H13Cl2NO4S. The number of benzene rings is 1. The maximum atomic E-state index is 12.3. The summed E-state index contributed by atoms with van der Waals surface area (Å²) < 4.78 is 32.2. The van der Waals surface area contributed by atoms with Crippen LogP contribution in [0.3, 0.4) is 0 Å². The lowest BCUT2D eigenvalue weighted by Crippen LogP contribution is -2.13.